The van der Waals surface area contributed by atoms with Crippen molar-refractivity contribution in [3.05, 3.63) is 63.1 Å². The van der Waals surface area contributed by atoms with Crippen LogP contribution in [0, 0.1) is 11.3 Å². The maximum Gasteiger partial charge on any atom is 0.346 e. The van der Waals surface area contributed by atoms with E-state index in [2.05, 4.69) is 0 Å². The number of carboxylic acids is 1. The highest BCUT2D eigenvalue weighted by Gasteiger charge is 2.10. The molecule has 0 aliphatic heterocycles. The first-order chi connectivity index (χ1) is 11.9. The molecule has 0 radical (unpaired) electrons. The Morgan fingerprint density at radius 3 is 2.60 bits per heavy atom. The molecule has 0 heterocycles. The molecule has 5 nitrogen and oxygen atoms in total. The largest absolute Gasteiger partial charge is 0.493 e. The summed E-state index contributed by atoms with van der Waals surface area (Å²) in [7, 11) is 1.49. The number of carboxylic acid groups (broad SMARTS) is 1. The van der Waals surface area contributed by atoms with Crippen LogP contribution >= 0.6 is 23.2 Å². The Kier molecular flexibility index (Phi) is 6.29. The summed E-state index contributed by atoms with van der Waals surface area (Å²) in [5, 5.41) is 18.8. The molecule has 2 aromatic carbocycles. The summed E-state index contributed by atoms with van der Waals surface area (Å²) in [5.74, 6) is -0.435. The molecule has 0 fully saturated rings. The molecule has 7 heteroatoms. The van der Waals surface area contributed by atoms with E-state index in [-0.39, 0.29) is 12.2 Å². The molecule has 0 bridgehead atoms. The van der Waals surface area contributed by atoms with Crippen LogP contribution in [-0.4, -0.2) is 18.2 Å². The van der Waals surface area contributed by atoms with E-state index in [1.54, 1.807) is 42.5 Å². The zero-order chi connectivity index (χ0) is 18.4. The van der Waals surface area contributed by atoms with Crippen molar-refractivity contribution >= 4 is 35.2 Å². The molecule has 0 aliphatic rings. The molecule has 0 atom stereocenters. The van der Waals surface area contributed by atoms with Gasteiger partial charge in [-0.25, -0.2) is 4.79 Å². The summed E-state index contributed by atoms with van der Waals surface area (Å²) in [4.78, 5) is 10.9. The minimum Gasteiger partial charge on any atom is -0.493 e. The van der Waals surface area contributed by atoms with E-state index in [1.807, 2.05) is 0 Å². The zero-order valence-corrected chi connectivity index (χ0v) is 14.6. The molecule has 128 valence electrons. The summed E-state index contributed by atoms with van der Waals surface area (Å²) in [6.07, 6.45) is 1.25. The van der Waals surface area contributed by atoms with Gasteiger partial charge >= 0.3 is 5.97 Å². The predicted octanol–water partition coefficient (Wildman–Crippen LogP) is 4.57. The van der Waals surface area contributed by atoms with Gasteiger partial charge in [0.15, 0.2) is 11.5 Å². The molecule has 1 N–H and O–H groups in total. The number of benzene rings is 2. The molecule has 2 aromatic rings. The van der Waals surface area contributed by atoms with E-state index >= 15 is 0 Å². The third-order valence-electron chi connectivity index (χ3n) is 3.25. The molecular formula is C18H13Cl2NO4. The fraction of sp³-hybridized carbons (Fsp3) is 0.111. The Balaban J connectivity index is 2.28. The highest BCUT2D eigenvalue weighted by atomic mass is 35.5. The van der Waals surface area contributed by atoms with E-state index in [9.17, 15) is 4.79 Å². The van der Waals surface area contributed by atoms with Gasteiger partial charge in [-0.2, -0.15) is 5.26 Å². The van der Waals surface area contributed by atoms with E-state index < -0.39 is 5.97 Å². The summed E-state index contributed by atoms with van der Waals surface area (Å²) >= 11 is 12.0. The van der Waals surface area contributed by atoms with Gasteiger partial charge < -0.3 is 14.6 Å². The lowest BCUT2D eigenvalue weighted by molar-refractivity contribution is -0.132. The van der Waals surface area contributed by atoms with E-state index in [0.29, 0.717) is 27.1 Å². The van der Waals surface area contributed by atoms with Crippen molar-refractivity contribution in [3.8, 4) is 17.6 Å². The average molecular weight is 378 g/mol. The Hall–Kier alpha value is -2.68. The van der Waals surface area contributed by atoms with Gasteiger partial charge in [-0.3, -0.25) is 0 Å². The first-order valence-corrected chi connectivity index (χ1v) is 7.80. The average Bonchev–Trinajstić information content (AvgIpc) is 2.58. The van der Waals surface area contributed by atoms with Crippen LogP contribution in [0.4, 0.5) is 0 Å². The van der Waals surface area contributed by atoms with Crippen LogP contribution in [0.2, 0.25) is 10.0 Å². The van der Waals surface area contributed by atoms with Crippen molar-refractivity contribution < 1.29 is 19.4 Å². The number of hydrogen-bond donors (Lipinski definition) is 1. The molecule has 0 aliphatic carbocycles. The van der Waals surface area contributed by atoms with Crippen molar-refractivity contribution in [2.24, 2.45) is 0 Å². The van der Waals surface area contributed by atoms with Crippen LogP contribution in [0.5, 0.6) is 11.5 Å². The number of nitriles is 1. The summed E-state index contributed by atoms with van der Waals surface area (Å²) in [6.45, 7) is 0.170. The Labute approximate surface area is 154 Å². The first kappa shape index (κ1) is 18.7. The molecule has 0 unspecified atom stereocenters. The Bertz CT molecular complexity index is 872. The molecule has 0 saturated heterocycles. The number of rotatable bonds is 6. The summed E-state index contributed by atoms with van der Waals surface area (Å²) in [5.41, 5.74) is 0.853. The van der Waals surface area contributed by atoms with Gasteiger partial charge in [-0.05, 0) is 35.9 Å². The van der Waals surface area contributed by atoms with Gasteiger partial charge in [0.05, 0.1) is 7.11 Å². The number of ether oxygens (including phenoxy) is 2. The fourth-order valence-electron chi connectivity index (χ4n) is 2.00. The third-order valence-corrected chi connectivity index (χ3v) is 3.83. The number of nitrogens with zero attached hydrogens (tertiary/aromatic N) is 1. The smallest absolute Gasteiger partial charge is 0.346 e. The van der Waals surface area contributed by atoms with Gasteiger partial charge in [0.2, 0.25) is 0 Å². The quantitative estimate of drug-likeness (QED) is 0.588. The second-order valence-electron chi connectivity index (χ2n) is 4.91. The summed E-state index contributed by atoms with van der Waals surface area (Å²) in [6, 6.07) is 11.5. The first-order valence-electron chi connectivity index (χ1n) is 7.04. The van der Waals surface area contributed by atoms with Crippen LogP contribution in [0.3, 0.4) is 0 Å². The normalized spacial score (nSPS) is 10.9. The second-order valence-corrected chi connectivity index (χ2v) is 5.75. The minimum atomic E-state index is -1.30. The van der Waals surface area contributed by atoms with Gasteiger partial charge in [0.25, 0.3) is 0 Å². The molecule has 25 heavy (non-hydrogen) atoms. The number of hydrogen-bond acceptors (Lipinski definition) is 4. The number of carbonyl (C=O) groups is 1. The van der Waals surface area contributed by atoms with Crippen LogP contribution in [0.25, 0.3) is 6.08 Å². The van der Waals surface area contributed by atoms with Crippen LogP contribution < -0.4 is 9.47 Å². The van der Waals surface area contributed by atoms with Crippen molar-refractivity contribution in [1.82, 2.24) is 0 Å². The van der Waals surface area contributed by atoms with Crippen molar-refractivity contribution in [2.45, 2.75) is 6.61 Å². The highest BCUT2D eigenvalue weighted by molar-refractivity contribution is 6.35. The van der Waals surface area contributed by atoms with Gasteiger partial charge in [-0.15, -0.1) is 0 Å². The van der Waals surface area contributed by atoms with E-state index in [1.165, 1.54) is 13.2 Å². The Morgan fingerprint density at radius 1 is 1.24 bits per heavy atom. The predicted molar refractivity (Wildman–Crippen MR) is 95.0 cm³/mol. The lowest BCUT2D eigenvalue weighted by atomic mass is 10.1. The number of halogens is 2. The molecule has 2 rings (SSSR count). The monoisotopic (exact) mass is 377 g/mol. The second kappa shape index (κ2) is 8.43. The molecular weight excluding hydrogens is 365 g/mol. The van der Waals surface area contributed by atoms with Crippen LogP contribution in [-0.2, 0) is 11.4 Å². The third kappa shape index (κ3) is 4.90. The van der Waals surface area contributed by atoms with Gasteiger partial charge in [0.1, 0.15) is 18.2 Å². The van der Waals surface area contributed by atoms with Crippen molar-refractivity contribution in [3.63, 3.8) is 0 Å². The van der Waals surface area contributed by atoms with Crippen LogP contribution in [0.1, 0.15) is 11.1 Å². The number of aliphatic carboxylic acids is 1. The molecule has 0 saturated carbocycles. The van der Waals surface area contributed by atoms with Crippen molar-refractivity contribution in [2.75, 3.05) is 7.11 Å². The van der Waals surface area contributed by atoms with Gasteiger partial charge in [-0.1, -0.05) is 35.3 Å². The topological polar surface area (TPSA) is 79.5 Å². The van der Waals surface area contributed by atoms with Gasteiger partial charge in [0, 0.05) is 15.6 Å². The number of methoxy groups -OCH3 is 1. The Morgan fingerprint density at radius 2 is 2.00 bits per heavy atom. The molecule has 0 aromatic heterocycles. The summed E-state index contributed by atoms with van der Waals surface area (Å²) < 4.78 is 11.0. The van der Waals surface area contributed by atoms with Crippen molar-refractivity contribution in [1.29, 1.82) is 5.26 Å². The zero-order valence-electron chi connectivity index (χ0n) is 13.1. The maximum atomic E-state index is 10.9. The van der Waals surface area contributed by atoms with E-state index in [4.69, 9.17) is 43.0 Å². The molecule has 0 amide bonds. The lowest BCUT2D eigenvalue weighted by Crippen LogP contribution is -2.00. The molecule has 0 spiro atoms. The SMILES string of the molecule is COc1ccc(C=C(C#N)C(=O)O)cc1OCc1ccc(Cl)cc1Cl. The lowest BCUT2D eigenvalue weighted by Gasteiger charge is -2.12. The highest BCUT2D eigenvalue weighted by Crippen LogP contribution is 2.31. The standard InChI is InChI=1S/C18H13Cl2NO4/c1-24-16-5-2-11(6-13(9-21)18(22)23)7-17(16)25-10-12-3-4-14(19)8-15(12)20/h2-8H,10H2,1H3,(H,22,23). The van der Waals surface area contributed by atoms with Crippen LogP contribution in [0.15, 0.2) is 42.0 Å². The van der Waals surface area contributed by atoms with E-state index in [0.717, 1.165) is 5.56 Å². The minimum absolute atomic E-state index is 0.170. The maximum absolute atomic E-state index is 10.9. The fourth-order valence-corrected chi connectivity index (χ4v) is 2.46.